The Bertz CT molecular complexity index is 806. The molecule has 1 aromatic carbocycles. The zero-order chi connectivity index (χ0) is 18.0. The number of carbonyl (C=O) groups excluding carboxylic acids is 2. The van der Waals surface area contributed by atoms with Gasteiger partial charge in [-0.25, -0.2) is 9.78 Å². The van der Waals surface area contributed by atoms with Gasteiger partial charge >= 0.3 is 6.03 Å². The van der Waals surface area contributed by atoms with E-state index in [0.29, 0.717) is 34.6 Å². The minimum Gasteiger partial charge on any atom is -0.336 e. The van der Waals surface area contributed by atoms with Crippen molar-refractivity contribution in [2.24, 2.45) is 0 Å². The van der Waals surface area contributed by atoms with Crippen LogP contribution in [0.15, 0.2) is 17.5 Å². The van der Waals surface area contributed by atoms with Gasteiger partial charge in [-0.05, 0) is 12.1 Å². The van der Waals surface area contributed by atoms with Crippen LogP contribution in [0, 0.1) is 0 Å². The van der Waals surface area contributed by atoms with Crippen LogP contribution in [0.25, 0.3) is 0 Å². The van der Waals surface area contributed by atoms with E-state index in [-0.39, 0.29) is 28.4 Å². The molecule has 0 bridgehead atoms. The number of benzene rings is 1. The van der Waals surface area contributed by atoms with E-state index in [0.717, 1.165) is 0 Å². The first kappa shape index (κ1) is 18.1. The molecule has 1 saturated heterocycles. The van der Waals surface area contributed by atoms with E-state index in [1.54, 1.807) is 5.38 Å². The second-order valence-electron chi connectivity index (χ2n) is 5.10. The second kappa shape index (κ2) is 7.65. The molecule has 1 aliphatic heterocycles. The zero-order valence-corrected chi connectivity index (χ0v) is 15.7. The highest BCUT2D eigenvalue weighted by Crippen LogP contribution is 2.33. The van der Waals surface area contributed by atoms with E-state index in [9.17, 15) is 9.59 Å². The van der Waals surface area contributed by atoms with Gasteiger partial charge in [0, 0.05) is 23.5 Å². The van der Waals surface area contributed by atoms with Crippen LogP contribution in [-0.4, -0.2) is 30.0 Å². The van der Waals surface area contributed by atoms with Gasteiger partial charge < -0.3 is 5.32 Å². The second-order valence-corrected chi connectivity index (χ2v) is 7.19. The number of carbonyl (C=O) groups is 2. The maximum atomic E-state index is 12.1. The van der Waals surface area contributed by atoms with Gasteiger partial charge in [-0.15, -0.1) is 11.3 Å². The molecule has 2 heterocycles. The summed E-state index contributed by atoms with van der Waals surface area (Å²) in [5, 5.41) is 5.97. The van der Waals surface area contributed by atoms with Crippen molar-refractivity contribution in [2.75, 3.05) is 23.4 Å². The maximum absolute atomic E-state index is 12.1. The van der Waals surface area contributed by atoms with Crippen molar-refractivity contribution in [3.05, 3.63) is 38.3 Å². The maximum Gasteiger partial charge on any atom is 0.323 e. The number of amides is 3. The summed E-state index contributed by atoms with van der Waals surface area (Å²) in [4.78, 5) is 29.5. The third kappa shape index (κ3) is 4.27. The highest BCUT2D eigenvalue weighted by molar-refractivity contribution is 7.14. The summed E-state index contributed by atoms with van der Waals surface area (Å²) >= 11 is 19.2. The molecule has 0 saturated carbocycles. The molecule has 132 valence electrons. The van der Waals surface area contributed by atoms with E-state index in [4.69, 9.17) is 34.8 Å². The summed E-state index contributed by atoms with van der Waals surface area (Å²) in [6.07, 6.45) is 0.0434. The van der Waals surface area contributed by atoms with Crippen molar-refractivity contribution >= 4 is 68.9 Å². The Hall–Kier alpha value is -1.74. The Morgan fingerprint density at radius 1 is 1.32 bits per heavy atom. The summed E-state index contributed by atoms with van der Waals surface area (Å²) < 4.78 is 0. The van der Waals surface area contributed by atoms with Crippen molar-refractivity contribution < 1.29 is 9.59 Å². The molecule has 1 aromatic heterocycles. The number of nitrogens with one attached hydrogen (secondary N) is 3. The summed E-state index contributed by atoms with van der Waals surface area (Å²) in [6, 6.07) is 2.84. The third-order valence-corrected chi connectivity index (χ3v) is 5.03. The normalized spacial score (nSPS) is 13.7. The predicted molar refractivity (Wildman–Crippen MR) is 99.8 cm³/mol. The third-order valence-electron chi connectivity index (χ3n) is 3.30. The minimum atomic E-state index is -0.329. The minimum absolute atomic E-state index is 0.0434. The molecule has 0 spiro atoms. The monoisotopic (exact) mass is 419 g/mol. The van der Waals surface area contributed by atoms with Crippen molar-refractivity contribution in [3.8, 4) is 0 Å². The first-order valence-corrected chi connectivity index (χ1v) is 9.14. The number of halogens is 3. The molecule has 11 heteroatoms. The summed E-state index contributed by atoms with van der Waals surface area (Å²) in [5.41, 5.74) is 6.10. The van der Waals surface area contributed by atoms with E-state index < -0.39 is 0 Å². The smallest absolute Gasteiger partial charge is 0.323 e. The quantitative estimate of drug-likeness (QED) is 0.648. The van der Waals surface area contributed by atoms with Crippen LogP contribution < -0.4 is 21.1 Å². The lowest BCUT2D eigenvalue weighted by molar-refractivity contribution is -0.120. The van der Waals surface area contributed by atoms with Gasteiger partial charge in [-0.2, -0.15) is 0 Å². The molecule has 0 radical (unpaired) electrons. The van der Waals surface area contributed by atoms with Gasteiger partial charge in [-0.3, -0.25) is 20.5 Å². The van der Waals surface area contributed by atoms with Gasteiger partial charge in [0.2, 0.25) is 5.91 Å². The van der Waals surface area contributed by atoms with Gasteiger partial charge in [0.25, 0.3) is 0 Å². The van der Waals surface area contributed by atoms with Crippen molar-refractivity contribution in [1.82, 2.24) is 15.7 Å². The highest BCUT2D eigenvalue weighted by atomic mass is 35.5. The topological polar surface area (TPSA) is 86.4 Å². The lowest BCUT2D eigenvalue weighted by Gasteiger charge is -2.11. The number of hydrogen-bond donors (Lipinski definition) is 3. The fourth-order valence-electron chi connectivity index (χ4n) is 2.16. The first-order chi connectivity index (χ1) is 11.9. The fraction of sp³-hybridized carbons (Fsp3) is 0.214. The summed E-state index contributed by atoms with van der Waals surface area (Å²) in [5.74, 6) is -0.329. The van der Waals surface area contributed by atoms with E-state index in [2.05, 4.69) is 21.2 Å². The molecule has 0 aliphatic carbocycles. The van der Waals surface area contributed by atoms with Crippen molar-refractivity contribution in [3.63, 3.8) is 0 Å². The van der Waals surface area contributed by atoms with Crippen LogP contribution in [0.1, 0.15) is 5.69 Å². The standard InChI is InChI=1S/C14H12Cl3N5O2S/c15-7-3-9(16)12(10(17)4-7)21-20-11(23)5-8-6-25-14(19-8)22-2-1-18-13(22)24/h3-4,6,21H,1-2,5H2,(H,18,24)(H,20,23). The number of thiazole rings is 1. The number of urea groups is 1. The van der Waals surface area contributed by atoms with Crippen LogP contribution in [-0.2, 0) is 11.2 Å². The van der Waals surface area contributed by atoms with Crippen LogP contribution >= 0.6 is 46.1 Å². The molecule has 7 nitrogen and oxygen atoms in total. The lowest BCUT2D eigenvalue weighted by atomic mass is 10.3. The largest absolute Gasteiger partial charge is 0.336 e. The number of aromatic nitrogens is 1. The first-order valence-electron chi connectivity index (χ1n) is 7.13. The van der Waals surface area contributed by atoms with Gasteiger partial charge in [0.1, 0.15) is 0 Å². The molecule has 3 rings (SSSR count). The van der Waals surface area contributed by atoms with Gasteiger partial charge in [-0.1, -0.05) is 34.8 Å². The Morgan fingerprint density at radius 2 is 2.04 bits per heavy atom. The molecule has 2 aromatic rings. The van der Waals surface area contributed by atoms with Crippen LogP contribution in [0.3, 0.4) is 0 Å². The highest BCUT2D eigenvalue weighted by Gasteiger charge is 2.24. The fourth-order valence-corrected chi connectivity index (χ4v) is 3.92. The Labute approximate surface area is 162 Å². The van der Waals surface area contributed by atoms with Gasteiger partial charge in [0.15, 0.2) is 5.13 Å². The Kier molecular flexibility index (Phi) is 5.53. The van der Waals surface area contributed by atoms with Crippen LogP contribution in [0.4, 0.5) is 15.6 Å². The number of nitrogens with zero attached hydrogens (tertiary/aromatic N) is 2. The lowest BCUT2D eigenvalue weighted by Crippen LogP contribution is -2.31. The molecule has 3 amide bonds. The molecule has 3 N–H and O–H groups in total. The molecular weight excluding hydrogens is 409 g/mol. The van der Waals surface area contributed by atoms with Crippen LogP contribution in [0.2, 0.25) is 15.1 Å². The number of rotatable bonds is 5. The van der Waals surface area contributed by atoms with Gasteiger partial charge in [0.05, 0.1) is 27.8 Å². The molecule has 25 heavy (non-hydrogen) atoms. The number of hydrogen-bond acceptors (Lipinski definition) is 5. The predicted octanol–water partition coefficient (Wildman–Crippen LogP) is 3.32. The number of anilines is 2. The summed E-state index contributed by atoms with van der Waals surface area (Å²) in [7, 11) is 0. The van der Waals surface area contributed by atoms with Crippen molar-refractivity contribution in [2.45, 2.75) is 6.42 Å². The summed E-state index contributed by atoms with van der Waals surface area (Å²) in [6.45, 7) is 1.15. The Morgan fingerprint density at radius 3 is 2.68 bits per heavy atom. The Balaban J connectivity index is 1.58. The molecule has 1 fully saturated rings. The van der Waals surface area contributed by atoms with E-state index in [1.165, 1.54) is 28.4 Å². The van der Waals surface area contributed by atoms with E-state index in [1.807, 2.05) is 0 Å². The zero-order valence-electron chi connectivity index (χ0n) is 12.6. The molecule has 0 unspecified atom stereocenters. The average molecular weight is 421 g/mol. The molecule has 0 atom stereocenters. The molecule has 1 aliphatic rings. The molecular formula is C14H12Cl3N5O2S. The number of hydrazine groups is 1. The SMILES string of the molecule is O=C(Cc1csc(N2CCNC2=O)n1)NNc1c(Cl)cc(Cl)cc1Cl. The van der Waals surface area contributed by atoms with Crippen molar-refractivity contribution in [1.29, 1.82) is 0 Å². The van der Waals surface area contributed by atoms with Crippen LogP contribution in [0.5, 0.6) is 0 Å². The average Bonchev–Trinajstić information content (AvgIpc) is 3.14. The van der Waals surface area contributed by atoms with E-state index >= 15 is 0 Å².